The van der Waals surface area contributed by atoms with E-state index in [9.17, 15) is 8.78 Å². The average Bonchev–Trinajstić information content (AvgIpc) is 1.65. The van der Waals surface area contributed by atoms with E-state index in [0.29, 0.717) is 0 Å². The summed E-state index contributed by atoms with van der Waals surface area (Å²) in [6, 6.07) is 0. The van der Waals surface area contributed by atoms with Crippen molar-refractivity contribution in [2.24, 2.45) is 0 Å². The zero-order chi connectivity index (χ0) is 5.86. The molecular formula is C3H2BrClF2. The van der Waals surface area contributed by atoms with Gasteiger partial charge in [-0.3, -0.25) is 0 Å². The molecule has 7 heavy (non-hydrogen) atoms. The molecule has 0 rings (SSSR count). The highest BCUT2D eigenvalue weighted by atomic mass is 79.9. The fourth-order valence-electron chi connectivity index (χ4n) is 0.0505. The van der Waals surface area contributed by atoms with Crippen LogP contribution in [0.15, 0.2) is 10.6 Å². The Morgan fingerprint density at radius 2 is 2.00 bits per heavy atom. The standard InChI is InChI=1S/C3H2BrClF2/c4-2(1-5)3(6)7/h1H2. The minimum Gasteiger partial charge on any atom is -0.172 e. The van der Waals surface area contributed by atoms with Crippen molar-refractivity contribution in [2.75, 3.05) is 5.88 Å². The van der Waals surface area contributed by atoms with Gasteiger partial charge in [-0.05, 0) is 15.9 Å². The molecule has 0 aromatic heterocycles. The molecule has 0 aliphatic carbocycles. The lowest BCUT2D eigenvalue weighted by atomic mass is 10.7. The van der Waals surface area contributed by atoms with Gasteiger partial charge in [0.05, 0.1) is 10.4 Å². The van der Waals surface area contributed by atoms with Crippen LogP contribution in [0, 0.1) is 0 Å². The first-order valence-electron chi connectivity index (χ1n) is 1.44. The first kappa shape index (κ1) is 7.37. The number of hydrogen-bond acceptors (Lipinski definition) is 0. The van der Waals surface area contributed by atoms with E-state index in [-0.39, 0.29) is 10.4 Å². The summed E-state index contributed by atoms with van der Waals surface area (Å²) in [5.74, 6) is -0.164. The Balaban J connectivity index is 3.72. The highest BCUT2D eigenvalue weighted by Gasteiger charge is 1.96. The van der Waals surface area contributed by atoms with E-state index in [1.54, 1.807) is 0 Å². The van der Waals surface area contributed by atoms with Crippen molar-refractivity contribution in [3.63, 3.8) is 0 Å². The van der Waals surface area contributed by atoms with Crippen LogP contribution < -0.4 is 0 Å². The van der Waals surface area contributed by atoms with Gasteiger partial charge in [0.25, 0.3) is 6.08 Å². The third-order valence-corrected chi connectivity index (χ3v) is 1.49. The highest BCUT2D eigenvalue weighted by Crippen LogP contribution is 2.14. The van der Waals surface area contributed by atoms with Gasteiger partial charge in [-0.15, -0.1) is 11.6 Å². The Labute approximate surface area is 53.3 Å². The monoisotopic (exact) mass is 190 g/mol. The third kappa shape index (κ3) is 3.00. The van der Waals surface area contributed by atoms with Crippen molar-refractivity contribution in [1.82, 2.24) is 0 Å². The maximum atomic E-state index is 11.2. The fourth-order valence-corrected chi connectivity index (χ4v) is 0.152. The van der Waals surface area contributed by atoms with E-state index in [1.807, 2.05) is 0 Å². The van der Waals surface area contributed by atoms with Gasteiger partial charge in [-0.2, -0.15) is 8.78 Å². The van der Waals surface area contributed by atoms with E-state index < -0.39 is 6.08 Å². The predicted octanol–water partition coefficient (Wildman–Crippen LogP) is 2.73. The summed E-state index contributed by atoms with van der Waals surface area (Å²) in [7, 11) is 0. The predicted molar refractivity (Wildman–Crippen MR) is 28.9 cm³/mol. The molecule has 42 valence electrons. The lowest BCUT2D eigenvalue weighted by molar-refractivity contribution is 0.419. The molecule has 0 fully saturated rings. The summed E-state index contributed by atoms with van der Waals surface area (Å²) in [6.07, 6.45) is -1.75. The molecule has 0 radical (unpaired) electrons. The molecule has 0 unspecified atom stereocenters. The number of hydrogen-bond donors (Lipinski definition) is 0. The van der Waals surface area contributed by atoms with Crippen LogP contribution >= 0.6 is 27.5 Å². The third-order valence-electron chi connectivity index (χ3n) is 0.322. The van der Waals surface area contributed by atoms with Crippen LogP contribution in [0.25, 0.3) is 0 Å². The van der Waals surface area contributed by atoms with E-state index >= 15 is 0 Å². The Hall–Kier alpha value is 0.370. The normalized spacial score (nSPS) is 8.57. The summed E-state index contributed by atoms with van der Waals surface area (Å²) < 4.78 is 22.1. The van der Waals surface area contributed by atoms with Crippen LogP contribution in [-0.4, -0.2) is 5.88 Å². The SMILES string of the molecule is FC(F)=C(Br)CCl. The molecular weight excluding hydrogens is 189 g/mol. The molecule has 4 heteroatoms. The first-order chi connectivity index (χ1) is 3.18. The topological polar surface area (TPSA) is 0 Å². The van der Waals surface area contributed by atoms with Crippen molar-refractivity contribution in [2.45, 2.75) is 0 Å². The zero-order valence-corrected chi connectivity index (χ0v) is 5.56. The molecule has 0 saturated heterocycles. The van der Waals surface area contributed by atoms with Crippen molar-refractivity contribution >= 4 is 27.5 Å². The first-order valence-corrected chi connectivity index (χ1v) is 2.77. The molecule has 0 aromatic rings. The second kappa shape index (κ2) is 3.38. The van der Waals surface area contributed by atoms with Crippen molar-refractivity contribution in [1.29, 1.82) is 0 Å². The smallest absolute Gasteiger partial charge is 0.172 e. The molecule has 0 N–H and O–H groups in total. The highest BCUT2D eigenvalue weighted by molar-refractivity contribution is 9.11. The van der Waals surface area contributed by atoms with Gasteiger partial charge in [0.15, 0.2) is 0 Å². The Bertz CT molecular complexity index is 86.9. The van der Waals surface area contributed by atoms with Crippen LogP contribution in [0.5, 0.6) is 0 Å². The average molecular weight is 191 g/mol. The lowest BCUT2D eigenvalue weighted by Crippen LogP contribution is -1.70. The minimum absolute atomic E-state index is 0.164. The number of halogens is 4. The van der Waals surface area contributed by atoms with E-state index in [2.05, 4.69) is 15.9 Å². The van der Waals surface area contributed by atoms with Gasteiger partial charge in [0.1, 0.15) is 0 Å². The number of rotatable bonds is 1. The quantitative estimate of drug-likeness (QED) is 0.559. The van der Waals surface area contributed by atoms with Crippen LogP contribution in [0.1, 0.15) is 0 Å². The fraction of sp³-hybridized carbons (Fsp3) is 0.333. The van der Waals surface area contributed by atoms with Gasteiger partial charge >= 0.3 is 0 Å². The van der Waals surface area contributed by atoms with Crippen LogP contribution in [0.3, 0.4) is 0 Å². The Morgan fingerprint density at radius 1 is 1.57 bits per heavy atom. The van der Waals surface area contributed by atoms with Crippen LogP contribution in [-0.2, 0) is 0 Å². The molecule has 0 heterocycles. The molecule has 0 aliphatic heterocycles. The van der Waals surface area contributed by atoms with Gasteiger partial charge < -0.3 is 0 Å². The maximum Gasteiger partial charge on any atom is 0.281 e. The largest absolute Gasteiger partial charge is 0.281 e. The van der Waals surface area contributed by atoms with Gasteiger partial charge in [-0.1, -0.05) is 0 Å². The van der Waals surface area contributed by atoms with Gasteiger partial charge in [0.2, 0.25) is 0 Å². The summed E-state index contributed by atoms with van der Waals surface area (Å²) >= 11 is 7.50. The Kier molecular flexibility index (Phi) is 3.56. The summed E-state index contributed by atoms with van der Waals surface area (Å²) in [6.45, 7) is 0. The second-order valence-electron chi connectivity index (χ2n) is 0.799. The number of allylic oxidation sites excluding steroid dienone is 1. The molecule has 0 nitrogen and oxygen atoms in total. The summed E-state index contributed by atoms with van der Waals surface area (Å²) in [5, 5.41) is 0. The van der Waals surface area contributed by atoms with E-state index in [0.717, 1.165) is 0 Å². The summed E-state index contributed by atoms with van der Waals surface area (Å²) in [4.78, 5) is 0. The van der Waals surface area contributed by atoms with Gasteiger partial charge in [-0.25, -0.2) is 0 Å². The maximum absolute atomic E-state index is 11.2. The Morgan fingerprint density at radius 3 is 2.00 bits per heavy atom. The van der Waals surface area contributed by atoms with Crippen molar-refractivity contribution in [3.05, 3.63) is 10.6 Å². The second-order valence-corrected chi connectivity index (χ2v) is 2.02. The molecule has 0 aliphatic rings. The van der Waals surface area contributed by atoms with Crippen molar-refractivity contribution < 1.29 is 8.78 Å². The van der Waals surface area contributed by atoms with E-state index in [1.165, 1.54) is 0 Å². The number of alkyl halides is 1. The minimum atomic E-state index is -1.75. The van der Waals surface area contributed by atoms with Crippen LogP contribution in [0.2, 0.25) is 0 Å². The molecule has 0 amide bonds. The van der Waals surface area contributed by atoms with Crippen molar-refractivity contribution in [3.8, 4) is 0 Å². The van der Waals surface area contributed by atoms with E-state index in [4.69, 9.17) is 11.6 Å². The molecule has 0 bridgehead atoms. The molecule has 0 aromatic carbocycles. The molecule has 0 spiro atoms. The lowest BCUT2D eigenvalue weighted by Gasteiger charge is -1.82. The zero-order valence-electron chi connectivity index (χ0n) is 3.22. The molecule has 0 atom stereocenters. The van der Waals surface area contributed by atoms with Gasteiger partial charge in [0, 0.05) is 0 Å². The molecule has 0 saturated carbocycles. The summed E-state index contributed by atoms with van der Waals surface area (Å²) in [5.41, 5.74) is 0. The van der Waals surface area contributed by atoms with Crippen LogP contribution in [0.4, 0.5) is 8.78 Å².